The first-order chi connectivity index (χ1) is 13.3. The molecule has 6 nitrogen and oxygen atoms in total. The molecular formula is C20H25N4O2S+. The molecule has 0 saturated carbocycles. The van der Waals surface area contributed by atoms with Crippen LogP contribution in [0, 0.1) is 0 Å². The molecule has 1 aromatic heterocycles. The van der Waals surface area contributed by atoms with E-state index in [9.17, 15) is 0 Å². The summed E-state index contributed by atoms with van der Waals surface area (Å²) in [5.74, 6) is 2.75. The maximum atomic E-state index is 6.05. The monoisotopic (exact) mass is 385 g/mol. The highest BCUT2D eigenvalue weighted by atomic mass is 32.2. The minimum atomic E-state index is 0.410. The van der Waals surface area contributed by atoms with Gasteiger partial charge >= 0.3 is 0 Å². The molecule has 1 saturated heterocycles. The van der Waals surface area contributed by atoms with Gasteiger partial charge in [0.2, 0.25) is 0 Å². The Morgan fingerprint density at radius 1 is 1.11 bits per heavy atom. The summed E-state index contributed by atoms with van der Waals surface area (Å²) in [5.41, 5.74) is 0. The molecule has 1 fully saturated rings. The molecule has 142 valence electrons. The third kappa shape index (κ3) is 4.43. The van der Waals surface area contributed by atoms with E-state index in [2.05, 4.69) is 28.4 Å². The minimum Gasteiger partial charge on any atom is -0.485 e. The molecule has 0 atom stereocenters. The number of ether oxygens (including phenoxy) is 2. The summed E-state index contributed by atoms with van der Waals surface area (Å²) in [7, 11) is 2.01. The molecule has 4 rings (SSSR count). The lowest BCUT2D eigenvalue weighted by Crippen LogP contribution is -3.14. The second-order valence-corrected chi connectivity index (χ2v) is 7.75. The zero-order chi connectivity index (χ0) is 18.5. The van der Waals surface area contributed by atoms with Crippen molar-refractivity contribution in [2.45, 2.75) is 11.8 Å². The maximum absolute atomic E-state index is 6.05. The van der Waals surface area contributed by atoms with Crippen molar-refractivity contribution in [3.63, 3.8) is 0 Å². The van der Waals surface area contributed by atoms with Crippen molar-refractivity contribution in [1.82, 2.24) is 14.8 Å². The zero-order valence-corrected chi connectivity index (χ0v) is 16.4. The van der Waals surface area contributed by atoms with E-state index in [1.165, 1.54) is 5.39 Å². The van der Waals surface area contributed by atoms with Gasteiger partial charge in [0.1, 0.15) is 25.4 Å². The summed E-state index contributed by atoms with van der Waals surface area (Å²) >= 11 is 1.76. The van der Waals surface area contributed by atoms with Crippen LogP contribution in [0.2, 0.25) is 0 Å². The fraction of sp³-hybridized carbons (Fsp3) is 0.400. The standard InChI is InChI=1S/C20H24N4O2S/c1-23-19(15-26-18-8-4-6-16-5-2-3-7-17(16)18)21-22-20(23)27-14-11-24-9-12-25-13-10-24/h2-8H,9-15H2,1H3/p+1. The van der Waals surface area contributed by atoms with Crippen molar-refractivity contribution in [3.05, 3.63) is 48.3 Å². The third-order valence-corrected chi connectivity index (χ3v) is 5.94. The molecule has 27 heavy (non-hydrogen) atoms. The Morgan fingerprint density at radius 2 is 1.93 bits per heavy atom. The van der Waals surface area contributed by atoms with Crippen molar-refractivity contribution in [1.29, 1.82) is 0 Å². The molecule has 0 unspecified atom stereocenters. The molecule has 1 aliphatic rings. The number of nitrogens with one attached hydrogen (secondary N) is 1. The average Bonchev–Trinajstić information content (AvgIpc) is 3.07. The number of thioether (sulfide) groups is 1. The molecule has 0 bridgehead atoms. The Balaban J connectivity index is 1.34. The number of hydrogen-bond acceptors (Lipinski definition) is 5. The van der Waals surface area contributed by atoms with E-state index in [1.807, 2.05) is 35.9 Å². The van der Waals surface area contributed by atoms with Gasteiger partial charge in [-0.2, -0.15) is 0 Å². The smallest absolute Gasteiger partial charge is 0.191 e. The van der Waals surface area contributed by atoms with E-state index < -0.39 is 0 Å². The van der Waals surface area contributed by atoms with Crippen LogP contribution in [0.25, 0.3) is 10.8 Å². The molecule has 7 heteroatoms. The van der Waals surface area contributed by atoms with E-state index in [0.717, 1.165) is 60.7 Å². The maximum Gasteiger partial charge on any atom is 0.191 e. The minimum absolute atomic E-state index is 0.410. The lowest BCUT2D eigenvalue weighted by molar-refractivity contribution is -0.905. The molecule has 0 spiro atoms. The number of rotatable bonds is 7. The van der Waals surface area contributed by atoms with Gasteiger partial charge in [-0.05, 0) is 11.5 Å². The lowest BCUT2D eigenvalue weighted by Gasteiger charge is -2.23. The molecule has 0 aliphatic carbocycles. The van der Waals surface area contributed by atoms with E-state index >= 15 is 0 Å². The molecule has 0 amide bonds. The van der Waals surface area contributed by atoms with Crippen LogP contribution >= 0.6 is 11.8 Å². The highest BCUT2D eigenvalue weighted by Crippen LogP contribution is 2.26. The summed E-state index contributed by atoms with van der Waals surface area (Å²) in [5, 5.41) is 11.9. The van der Waals surface area contributed by atoms with Crippen molar-refractivity contribution >= 4 is 22.5 Å². The van der Waals surface area contributed by atoms with Crippen LogP contribution in [0.15, 0.2) is 47.6 Å². The molecule has 1 aliphatic heterocycles. The summed E-state index contributed by atoms with van der Waals surface area (Å²) in [6.07, 6.45) is 0. The first-order valence-corrected chi connectivity index (χ1v) is 10.3. The van der Waals surface area contributed by atoms with Crippen LogP contribution in [0.3, 0.4) is 0 Å². The molecular weight excluding hydrogens is 360 g/mol. The fourth-order valence-electron chi connectivity index (χ4n) is 3.26. The van der Waals surface area contributed by atoms with E-state index in [1.54, 1.807) is 16.7 Å². The zero-order valence-electron chi connectivity index (χ0n) is 15.6. The summed E-state index contributed by atoms with van der Waals surface area (Å²) in [6, 6.07) is 14.4. The van der Waals surface area contributed by atoms with Gasteiger partial charge in [0.25, 0.3) is 0 Å². The number of morpholine rings is 1. The van der Waals surface area contributed by atoms with Gasteiger partial charge in [0, 0.05) is 12.4 Å². The first-order valence-electron chi connectivity index (χ1n) is 9.34. The van der Waals surface area contributed by atoms with Crippen LogP contribution in [-0.2, 0) is 18.4 Å². The Bertz CT molecular complexity index is 887. The summed E-state index contributed by atoms with van der Waals surface area (Å²) in [6.45, 7) is 5.49. The van der Waals surface area contributed by atoms with Crippen molar-refractivity contribution in [2.24, 2.45) is 7.05 Å². The SMILES string of the molecule is Cn1c(COc2cccc3ccccc23)nnc1SCC[NH+]1CCOCC1. The highest BCUT2D eigenvalue weighted by molar-refractivity contribution is 7.99. The number of fused-ring (bicyclic) bond motifs is 1. The van der Waals surface area contributed by atoms with Gasteiger partial charge in [-0.25, -0.2) is 0 Å². The molecule has 2 heterocycles. The molecule has 1 N–H and O–H groups in total. The Kier molecular flexibility index (Phi) is 5.91. The summed E-state index contributed by atoms with van der Waals surface area (Å²) < 4.78 is 13.5. The molecule has 3 aromatic rings. The average molecular weight is 386 g/mol. The van der Waals surface area contributed by atoms with Gasteiger partial charge in [0.05, 0.1) is 25.5 Å². The van der Waals surface area contributed by atoms with E-state index in [4.69, 9.17) is 9.47 Å². The number of nitrogens with zero attached hydrogens (tertiary/aromatic N) is 3. The van der Waals surface area contributed by atoms with E-state index in [-0.39, 0.29) is 0 Å². The normalized spacial score (nSPS) is 15.3. The largest absolute Gasteiger partial charge is 0.485 e. The van der Waals surface area contributed by atoms with Crippen LogP contribution in [0.5, 0.6) is 5.75 Å². The second kappa shape index (κ2) is 8.73. The van der Waals surface area contributed by atoms with Crippen molar-refractivity contribution in [2.75, 3.05) is 38.6 Å². The number of aromatic nitrogens is 3. The Morgan fingerprint density at radius 3 is 2.81 bits per heavy atom. The Hall–Kier alpha value is -2.09. The van der Waals surface area contributed by atoms with Gasteiger partial charge in [-0.15, -0.1) is 10.2 Å². The Labute approximate surface area is 163 Å². The van der Waals surface area contributed by atoms with Crippen LogP contribution in [0.1, 0.15) is 5.82 Å². The van der Waals surface area contributed by atoms with E-state index in [0.29, 0.717) is 6.61 Å². The van der Waals surface area contributed by atoms with Crippen LogP contribution < -0.4 is 9.64 Å². The van der Waals surface area contributed by atoms with Gasteiger partial charge in [-0.1, -0.05) is 48.2 Å². The van der Waals surface area contributed by atoms with Gasteiger partial charge < -0.3 is 18.9 Å². The predicted octanol–water partition coefficient (Wildman–Crippen LogP) is 1.55. The van der Waals surface area contributed by atoms with Crippen molar-refractivity contribution in [3.8, 4) is 5.75 Å². The lowest BCUT2D eigenvalue weighted by atomic mass is 10.1. The fourth-order valence-corrected chi connectivity index (χ4v) is 4.23. The number of hydrogen-bond donors (Lipinski definition) is 1. The van der Waals surface area contributed by atoms with Crippen LogP contribution in [-0.4, -0.2) is 53.4 Å². The first kappa shape index (κ1) is 18.3. The summed E-state index contributed by atoms with van der Waals surface area (Å²) in [4.78, 5) is 1.61. The number of quaternary nitrogens is 1. The molecule has 2 aromatic carbocycles. The topological polar surface area (TPSA) is 53.6 Å². The number of benzene rings is 2. The van der Waals surface area contributed by atoms with Gasteiger partial charge in [-0.3, -0.25) is 0 Å². The highest BCUT2D eigenvalue weighted by Gasteiger charge is 2.15. The second-order valence-electron chi connectivity index (χ2n) is 6.68. The quantitative estimate of drug-likeness (QED) is 0.626. The molecule has 0 radical (unpaired) electrons. The van der Waals surface area contributed by atoms with Gasteiger partial charge in [0.15, 0.2) is 11.0 Å². The predicted molar refractivity (Wildman–Crippen MR) is 106 cm³/mol. The van der Waals surface area contributed by atoms with Crippen molar-refractivity contribution < 1.29 is 14.4 Å². The third-order valence-electron chi connectivity index (χ3n) is 4.92. The van der Waals surface area contributed by atoms with Crippen LogP contribution in [0.4, 0.5) is 0 Å².